The molecule has 3 N–H and O–H groups in total. The zero-order valence-electron chi connectivity index (χ0n) is 13.0. The summed E-state index contributed by atoms with van der Waals surface area (Å²) in [7, 11) is 0. The third kappa shape index (κ3) is 3.36. The standard InChI is InChI=1S/C15H22N6O/c1-10-7-11(2)21(20-10)5-4-17-14-8-13(18-15(16)19-14)12-3-6-22-9-12/h7-8,12H,3-6,9H2,1-2H3,(H3,16,17,18,19)/t12-/m1/s1. The van der Waals surface area contributed by atoms with Crippen molar-refractivity contribution in [1.82, 2.24) is 19.7 Å². The van der Waals surface area contributed by atoms with Gasteiger partial charge in [0.15, 0.2) is 0 Å². The molecule has 0 aromatic carbocycles. The summed E-state index contributed by atoms with van der Waals surface area (Å²) in [6, 6.07) is 4.04. The zero-order valence-corrected chi connectivity index (χ0v) is 13.0. The topological polar surface area (TPSA) is 90.9 Å². The number of nitrogen functional groups attached to an aromatic ring is 1. The molecule has 3 rings (SSSR count). The van der Waals surface area contributed by atoms with Gasteiger partial charge in [-0.15, -0.1) is 0 Å². The van der Waals surface area contributed by atoms with Crippen LogP contribution in [-0.4, -0.2) is 39.5 Å². The molecule has 0 aliphatic carbocycles. The van der Waals surface area contributed by atoms with E-state index in [1.165, 1.54) is 0 Å². The monoisotopic (exact) mass is 302 g/mol. The number of nitrogens with zero attached hydrogens (tertiary/aromatic N) is 4. The van der Waals surface area contributed by atoms with Crippen molar-refractivity contribution >= 4 is 11.8 Å². The molecular weight excluding hydrogens is 280 g/mol. The normalized spacial score (nSPS) is 17.8. The Morgan fingerprint density at radius 2 is 2.23 bits per heavy atom. The minimum Gasteiger partial charge on any atom is -0.381 e. The third-order valence-electron chi connectivity index (χ3n) is 3.84. The van der Waals surface area contributed by atoms with E-state index in [1.54, 1.807) is 0 Å². The molecule has 7 nitrogen and oxygen atoms in total. The van der Waals surface area contributed by atoms with E-state index in [-0.39, 0.29) is 0 Å². The molecule has 0 bridgehead atoms. The van der Waals surface area contributed by atoms with Crippen LogP contribution in [0.5, 0.6) is 0 Å². The van der Waals surface area contributed by atoms with Crippen LogP contribution in [-0.2, 0) is 11.3 Å². The van der Waals surface area contributed by atoms with Crippen LogP contribution in [0.25, 0.3) is 0 Å². The molecule has 1 aliphatic rings. The van der Waals surface area contributed by atoms with E-state index in [9.17, 15) is 0 Å². The van der Waals surface area contributed by atoms with E-state index in [0.717, 1.165) is 49.0 Å². The van der Waals surface area contributed by atoms with E-state index < -0.39 is 0 Å². The maximum Gasteiger partial charge on any atom is 0.222 e. The highest BCUT2D eigenvalue weighted by molar-refractivity contribution is 5.41. The Morgan fingerprint density at radius 1 is 1.36 bits per heavy atom. The number of hydrogen-bond acceptors (Lipinski definition) is 6. The van der Waals surface area contributed by atoms with Crippen LogP contribution in [0.3, 0.4) is 0 Å². The van der Waals surface area contributed by atoms with Crippen LogP contribution >= 0.6 is 0 Å². The molecule has 7 heteroatoms. The quantitative estimate of drug-likeness (QED) is 0.869. The first kappa shape index (κ1) is 14.8. The Morgan fingerprint density at radius 3 is 2.91 bits per heavy atom. The number of aromatic nitrogens is 4. The zero-order chi connectivity index (χ0) is 15.5. The number of aryl methyl sites for hydroxylation is 2. The summed E-state index contributed by atoms with van der Waals surface area (Å²) in [5.74, 6) is 1.39. The molecule has 2 aromatic heterocycles. The van der Waals surface area contributed by atoms with E-state index >= 15 is 0 Å². The highest BCUT2D eigenvalue weighted by Crippen LogP contribution is 2.25. The maximum atomic E-state index is 5.82. The van der Waals surface area contributed by atoms with E-state index in [0.29, 0.717) is 18.5 Å². The van der Waals surface area contributed by atoms with Crippen LogP contribution in [0.2, 0.25) is 0 Å². The van der Waals surface area contributed by atoms with Gasteiger partial charge in [-0.3, -0.25) is 4.68 Å². The smallest absolute Gasteiger partial charge is 0.222 e. The Balaban J connectivity index is 1.63. The minimum absolute atomic E-state index is 0.304. The summed E-state index contributed by atoms with van der Waals surface area (Å²) in [6.07, 6.45) is 0.988. The second-order valence-corrected chi connectivity index (χ2v) is 5.67. The molecule has 1 atom stereocenters. The van der Waals surface area contributed by atoms with Crippen molar-refractivity contribution in [3.63, 3.8) is 0 Å². The van der Waals surface area contributed by atoms with Gasteiger partial charge in [-0.1, -0.05) is 0 Å². The molecule has 1 fully saturated rings. The van der Waals surface area contributed by atoms with Gasteiger partial charge in [-0.05, 0) is 26.3 Å². The van der Waals surface area contributed by atoms with Crippen LogP contribution in [0, 0.1) is 13.8 Å². The van der Waals surface area contributed by atoms with Crippen molar-refractivity contribution in [2.24, 2.45) is 0 Å². The van der Waals surface area contributed by atoms with Crippen LogP contribution in [0.4, 0.5) is 11.8 Å². The fraction of sp³-hybridized carbons (Fsp3) is 0.533. The van der Waals surface area contributed by atoms with Gasteiger partial charge in [0.1, 0.15) is 5.82 Å². The van der Waals surface area contributed by atoms with Crippen molar-refractivity contribution in [3.05, 3.63) is 29.2 Å². The van der Waals surface area contributed by atoms with Crippen LogP contribution in [0.15, 0.2) is 12.1 Å². The third-order valence-corrected chi connectivity index (χ3v) is 3.84. The highest BCUT2D eigenvalue weighted by Gasteiger charge is 2.20. The number of nitrogens with two attached hydrogens (primary N) is 1. The predicted molar refractivity (Wildman–Crippen MR) is 84.8 cm³/mol. The Kier molecular flexibility index (Phi) is 4.24. The van der Waals surface area contributed by atoms with Gasteiger partial charge >= 0.3 is 0 Å². The largest absolute Gasteiger partial charge is 0.381 e. The lowest BCUT2D eigenvalue weighted by Crippen LogP contribution is -2.15. The Hall–Kier alpha value is -2.15. The molecule has 0 radical (unpaired) electrons. The fourth-order valence-corrected chi connectivity index (χ4v) is 2.74. The van der Waals surface area contributed by atoms with Gasteiger partial charge < -0.3 is 15.8 Å². The molecule has 0 spiro atoms. The SMILES string of the molecule is Cc1cc(C)n(CCNc2cc([C@@H]3CCOC3)nc(N)n2)n1. The van der Waals surface area contributed by atoms with Crippen molar-refractivity contribution in [1.29, 1.82) is 0 Å². The molecule has 0 saturated carbocycles. The summed E-state index contributed by atoms with van der Waals surface area (Å²) in [5, 5.41) is 7.74. The number of nitrogens with one attached hydrogen (secondary N) is 1. The lowest BCUT2D eigenvalue weighted by Gasteiger charge is -2.11. The Bertz CT molecular complexity index is 647. The van der Waals surface area contributed by atoms with E-state index in [4.69, 9.17) is 10.5 Å². The van der Waals surface area contributed by atoms with Crippen LogP contribution < -0.4 is 11.1 Å². The van der Waals surface area contributed by atoms with E-state index in [2.05, 4.69) is 33.4 Å². The number of anilines is 2. The molecule has 0 unspecified atom stereocenters. The molecule has 1 aliphatic heterocycles. The molecule has 3 heterocycles. The second kappa shape index (κ2) is 6.31. The summed E-state index contributed by atoms with van der Waals surface area (Å²) < 4.78 is 7.40. The van der Waals surface area contributed by atoms with Gasteiger partial charge in [-0.25, -0.2) is 4.98 Å². The van der Waals surface area contributed by atoms with Gasteiger partial charge in [-0.2, -0.15) is 10.1 Å². The molecule has 118 valence electrons. The van der Waals surface area contributed by atoms with Crippen molar-refractivity contribution in [2.75, 3.05) is 30.8 Å². The van der Waals surface area contributed by atoms with Gasteiger partial charge in [0.2, 0.25) is 5.95 Å². The number of ether oxygens (including phenoxy) is 1. The summed E-state index contributed by atoms with van der Waals surface area (Å²) in [5.41, 5.74) is 8.97. The minimum atomic E-state index is 0.304. The van der Waals surface area contributed by atoms with Gasteiger partial charge in [0.25, 0.3) is 0 Å². The number of rotatable bonds is 5. The van der Waals surface area contributed by atoms with Gasteiger partial charge in [0, 0.05) is 30.8 Å². The summed E-state index contributed by atoms with van der Waals surface area (Å²) >= 11 is 0. The van der Waals surface area contributed by atoms with Crippen molar-refractivity contribution < 1.29 is 4.74 Å². The molecule has 0 amide bonds. The lowest BCUT2D eigenvalue weighted by atomic mass is 10.0. The van der Waals surface area contributed by atoms with Crippen LogP contribution in [0.1, 0.15) is 29.4 Å². The van der Waals surface area contributed by atoms with Gasteiger partial charge in [0.05, 0.1) is 24.5 Å². The van der Waals surface area contributed by atoms with Crippen molar-refractivity contribution in [3.8, 4) is 0 Å². The second-order valence-electron chi connectivity index (χ2n) is 5.67. The number of hydrogen-bond donors (Lipinski definition) is 2. The first-order valence-corrected chi connectivity index (χ1v) is 7.59. The first-order chi connectivity index (χ1) is 10.6. The average molecular weight is 302 g/mol. The summed E-state index contributed by atoms with van der Waals surface area (Å²) in [4.78, 5) is 8.58. The lowest BCUT2D eigenvalue weighted by molar-refractivity contribution is 0.193. The molecule has 2 aromatic rings. The Labute approximate surface area is 129 Å². The van der Waals surface area contributed by atoms with Crippen molar-refractivity contribution in [2.45, 2.75) is 32.7 Å². The molecule has 1 saturated heterocycles. The maximum absolute atomic E-state index is 5.82. The van der Waals surface area contributed by atoms with E-state index in [1.807, 2.05) is 17.7 Å². The molecule has 22 heavy (non-hydrogen) atoms. The highest BCUT2D eigenvalue weighted by atomic mass is 16.5. The predicted octanol–water partition coefficient (Wildman–Crippen LogP) is 1.49. The first-order valence-electron chi connectivity index (χ1n) is 7.59. The molecular formula is C15H22N6O. The fourth-order valence-electron chi connectivity index (χ4n) is 2.74. The summed E-state index contributed by atoms with van der Waals surface area (Å²) in [6.45, 7) is 7.07. The average Bonchev–Trinajstić information content (AvgIpc) is 3.09.